The second kappa shape index (κ2) is 5.69. The van der Waals surface area contributed by atoms with Crippen LogP contribution in [-0.2, 0) is 6.61 Å². The maximum atomic E-state index is 9.34. The van der Waals surface area contributed by atoms with Gasteiger partial charge in [0.2, 0.25) is 0 Å². The zero-order chi connectivity index (χ0) is 14.8. The maximum absolute atomic E-state index is 9.34. The van der Waals surface area contributed by atoms with Crippen molar-refractivity contribution < 1.29 is 4.74 Å². The van der Waals surface area contributed by atoms with E-state index in [9.17, 15) is 5.26 Å². The number of fused-ring (bicyclic) bond motifs is 1. The fraction of sp³-hybridized carbons (Fsp3) is 0.0625. The number of rotatable bonds is 3. The monoisotopic (exact) mass is 316 g/mol. The van der Waals surface area contributed by atoms with Crippen LogP contribution in [0, 0.1) is 11.3 Å². The number of nitriles is 1. The second-order valence-electron chi connectivity index (χ2n) is 4.50. The molecule has 0 saturated carbocycles. The van der Waals surface area contributed by atoms with E-state index in [4.69, 9.17) is 27.9 Å². The Morgan fingerprint density at radius 2 is 2.05 bits per heavy atom. The fourth-order valence-corrected chi connectivity index (χ4v) is 2.49. The summed E-state index contributed by atoms with van der Waals surface area (Å²) in [5.41, 5.74) is 2.27. The number of aromatic nitrogens is 1. The van der Waals surface area contributed by atoms with Crippen LogP contribution in [0.1, 0.15) is 11.1 Å². The summed E-state index contributed by atoms with van der Waals surface area (Å²) in [7, 11) is 0. The zero-order valence-corrected chi connectivity index (χ0v) is 12.4. The highest BCUT2D eigenvalue weighted by Crippen LogP contribution is 2.29. The van der Waals surface area contributed by atoms with Crippen LogP contribution in [0.5, 0.6) is 5.75 Å². The van der Waals surface area contributed by atoms with Gasteiger partial charge in [0.1, 0.15) is 18.4 Å². The average molecular weight is 317 g/mol. The first-order valence-corrected chi connectivity index (χ1v) is 7.01. The van der Waals surface area contributed by atoms with Gasteiger partial charge in [-0.2, -0.15) is 5.26 Å². The first kappa shape index (κ1) is 13.8. The highest BCUT2D eigenvalue weighted by atomic mass is 35.5. The third-order valence-corrected chi connectivity index (χ3v) is 3.70. The van der Waals surface area contributed by atoms with Gasteiger partial charge in [-0.25, -0.2) is 0 Å². The quantitative estimate of drug-likeness (QED) is 0.702. The fourth-order valence-electron chi connectivity index (χ4n) is 2.16. The summed E-state index contributed by atoms with van der Waals surface area (Å²) >= 11 is 12.0. The van der Waals surface area contributed by atoms with E-state index in [0.717, 1.165) is 11.1 Å². The topological polar surface area (TPSA) is 37.4 Å². The predicted molar refractivity (Wildman–Crippen MR) is 82.9 cm³/mol. The van der Waals surface area contributed by atoms with E-state index in [-0.39, 0.29) is 6.61 Å². The van der Waals surface area contributed by atoms with E-state index in [1.165, 1.54) is 0 Å². The molecule has 1 aromatic carbocycles. The van der Waals surface area contributed by atoms with Gasteiger partial charge in [0.25, 0.3) is 0 Å². The Labute approximate surface area is 131 Å². The molecule has 2 aromatic heterocycles. The number of hydrogen-bond acceptors (Lipinski definition) is 2. The highest BCUT2D eigenvalue weighted by Gasteiger charge is 2.11. The number of benzene rings is 1. The minimum atomic E-state index is 0.255. The number of hydrogen-bond donors (Lipinski definition) is 0. The third-order valence-electron chi connectivity index (χ3n) is 3.15. The van der Waals surface area contributed by atoms with Crippen LogP contribution < -0.4 is 4.74 Å². The molecule has 104 valence electrons. The van der Waals surface area contributed by atoms with Crippen molar-refractivity contribution >= 4 is 28.7 Å². The Morgan fingerprint density at radius 1 is 1.19 bits per heavy atom. The van der Waals surface area contributed by atoms with Crippen LogP contribution in [-0.4, -0.2) is 4.40 Å². The molecule has 2 heterocycles. The van der Waals surface area contributed by atoms with Crippen molar-refractivity contribution in [3.63, 3.8) is 0 Å². The Balaban J connectivity index is 1.92. The van der Waals surface area contributed by atoms with E-state index < -0.39 is 0 Å². The van der Waals surface area contributed by atoms with Crippen molar-refractivity contribution in [3.05, 3.63) is 70.0 Å². The molecule has 0 bridgehead atoms. The van der Waals surface area contributed by atoms with E-state index in [0.29, 0.717) is 21.4 Å². The lowest BCUT2D eigenvalue weighted by molar-refractivity contribution is 0.306. The number of nitrogens with zero attached hydrogens (tertiary/aromatic N) is 2. The Hall–Kier alpha value is -2.15. The molecule has 0 atom stereocenters. The second-order valence-corrected chi connectivity index (χ2v) is 5.34. The Morgan fingerprint density at radius 3 is 2.86 bits per heavy atom. The summed E-state index contributed by atoms with van der Waals surface area (Å²) in [6.45, 7) is 0.255. The predicted octanol–water partition coefficient (Wildman–Crippen LogP) is 4.70. The summed E-state index contributed by atoms with van der Waals surface area (Å²) < 4.78 is 7.59. The highest BCUT2D eigenvalue weighted by molar-refractivity contribution is 6.34. The first-order valence-electron chi connectivity index (χ1n) is 6.25. The van der Waals surface area contributed by atoms with Crippen molar-refractivity contribution in [2.45, 2.75) is 6.61 Å². The molecule has 3 rings (SSSR count). The molecular weight excluding hydrogens is 307 g/mol. The molecule has 0 radical (unpaired) electrons. The van der Waals surface area contributed by atoms with E-state index in [2.05, 4.69) is 6.07 Å². The van der Waals surface area contributed by atoms with E-state index in [1.807, 2.05) is 35.0 Å². The van der Waals surface area contributed by atoms with Crippen molar-refractivity contribution in [2.24, 2.45) is 0 Å². The van der Waals surface area contributed by atoms with Crippen molar-refractivity contribution in [1.29, 1.82) is 5.26 Å². The molecule has 0 aliphatic carbocycles. The third kappa shape index (κ3) is 2.69. The number of pyridine rings is 1. The lowest BCUT2D eigenvalue weighted by atomic mass is 10.2. The van der Waals surface area contributed by atoms with Gasteiger partial charge < -0.3 is 9.14 Å². The molecule has 0 aliphatic rings. The van der Waals surface area contributed by atoms with E-state index >= 15 is 0 Å². The summed E-state index contributed by atoms with van der Waals surface area (Å²) in [6.07, 6.45) is 3.78. The first-order chi connectivity index (χ1) is 10.2. The van der Waals surface area contributed by atoms with E-state index in [1.54, 1.807) is 18.2 Å². The largest absolute Gasteiger partial charge is 0.487 e. The average Bonchev–Trinajstić information content (AvgIpc) is 2.85. The molecular formula is C16H10Cl2N2O. The minimum Gasteiger partial charge on any atom is -0.487 e. The summed E-state index contributed by atoms with van der Waals surface area (Å²) in [4.78, 5) is 0. The van der Waals surface area contributed by atoms with Gasteiger partial charge in [-0.3, -0.25) is 0 Å². The molecule has 0 saturated heterocycles. The summed E-state index contributed by atoms with van der Waals surface area (Å²) in [5.74, 6) is 0.503. The van der Waals surface area contributed by atoms with Gasteiger partial charge in [-0.05, 0) is 24.3 Å². The van der Waals surface area contributed by atoms with Crippen molar-refractivity contribution in [3.8, 4) is 11.8 Å². The molecule has 0 unspecified atom stereocenters. The molecule has 0 amide bonds. The van der Waals surface area contributed by atoms with Crippen LogP contribution in [0.25, 0.3) is 5.52 Å². The molecule has 0 N–H and O–H groups in total. The van der Waals surface area contributed by atoms with Crippen LogP contribution in [0.2, 0.25) is 10.0 Å². The standard InChI is InChI=1S/C16H10Cl2N2O/c17-12-4-5-14(18)16(7-12)21-10-11-9-20-6-2-1-3-15(20)13(11)8-19/h1-7,9H,10H2. The molecule has 21 heavy (non-hydrogen) atoms. The molecule has 0 spiro atoms. The summed E-state index contributed by atoms with van der Waals surface area (Å²) in [6, 6.07) is 13.0. The molecule has 3 aromatic rings. The summed E-state index contributed by atoms with van der Waals surface area (Å²) in [5, 5.41) is 10.4. The van der Waals surface area contributed by atoms with Gasteiger partial charge in [0.15, 0.2) is 0 Å². The smallest absolute Gasteiger partial charge is 0.139 e. The maximum Gasteiger partial charge on any atom is 0.139 e. The zero-order valence-electron chi connectivity index (χ0n) is 10.9. The Bertz CT molecular complexity index is 849. The van der Waals surface area contributed by atoms with Gasteiger partial charge in [0, 0.05) is 29.0 Å². The van der Waals surface area contributed by atoms with Crippen molar-refractivity contribution in [1.82, 2.24) is 4.40 Å². The lowest BCUT2D eigenvalue weighted by Gasteiger charge is -2.07. The number of halogens is 2. The van der Waals surface area contributed by atoms with Gasteiger partial charge in [0.05, 0.1) is 16.1 Å². The van der Waals surface area contributed by atoms with Crippen LogP contribution >= 0.6 is 23.2 Å². The molecule has 5 heteroatoms. The lowest BCUT2D eigenvalue weighted by Crippen LogP contribution is -1.96. The van der Waals surface area contributed by atoms with Gasteiger partial charge >= 0.3 is 0 Å². The minimum absolute atomic E-state index is 0.255. The Kier molecular flexibility index (Phi) is 3.74. The van der Waals surface area contributed by atoms with Gasteiger partial charge in [-0.1, -0.05) is 29.3 Å². The van der Waals surface area contributed by atoms with Crippen LogP contribution in [0.3, 0.4) is 0 Å². The molecule has 0 aliphatic heterocycles. The number of ether oxygens (including phenoxy) is 1. The SMILES string of the molecule is N#Cc1c(COc2cc(Cl)ccc2Cl)cn2ccccc12. The van der Waals surface area contributed by atoms with Crippen LogP contribution in [0.4, 0.5) is 0 Å². The van der Waals surface area contributed by atoms with Crippen LogP contribution in [0.15, 0.2) is 48.8 Å². The normalized spacial score (nSPS) is 10.5. The van der Waals surface area contributed by atoms with Gasteiger partial charge in [-0.15, -0.1) is 0 Å². The molecule has 0 fully saturated rings. The molecule has 3 nitrogen and oxygen atoms in total. The van der Waals surface area contributed by atoms with Crippen molar-refractivity contribution in [2.75, 3.05) is 0 Å².